The Bertz CT molecular complexity index is 458. The zero-order chi connectivity index (χ0) is 19.1. The lowest BCUT2D eigenvalue weighted by molar-refractivity contribution is -0.135. The van der Waals surface area contributed by atoms with Gasteiger partial charge in [0.15, 0.2) is 0 Å². The third-order valence-electron chi connectivity index (χ3n) is 2.33. The first-order valence-corrected chi connectivity index (χ1v) is 7.18. The van der Waals surface area contributed by atoms with Gasteiger partial charge in [-0.05, 0) is 6.42 Å². The zero-order valence-electron chi connectivity index (χ0n) is 14.1. The van der Waals surface area contributed by atoms with E-state index in [0.717, 1.165) is 13.8 Å². The smallest absolute Gasteiger partial charge is 0.300 e. The van der Waals surface area contributed by atoms with Crippen molar-refractivity contribution in [1.82, 2.24) is 14.9 Å². The third kappa shape index (κ3) is 14.5. The largest absolute Gasteiger partial charge is 0.481 e. The molecule has 0 aliphatic heterocycles. The first-order valence-electron chi connectivity index (χ1n) is 7.18. The number of aliphatic hydroxyl groups is 1. The van der Waals surface area contributed by atoms with Crippen LogP contribution in [-0.2, 0) is 20.9 Å². The molecule has 1 aromatic rings. The van der Waals surface area contributed by atoms with Gasteiger partial charge in [-0.25, -0.2) is 4.98 Å². The molecule has 1 heterocycles. The van der Waals surface area contributed by atoms with Gasteiger partial charge in [-0.2, -0.15) is 0 Å². The summed E-state index contributed by atoms with van der Waals surface area (Å²) in [6.45, 7) is 4.56. The minimum absolute atomic E-state index is 0.0805. The molecule has 1 aromatic heterocycles. The lowest BCUT2D eigenvalue weighted by atomic mass is 10.2. The second-order valence-electron chi connectivity index (χ2n) is 4.57. The monoisotopic (exact) mass is 346 g/mol. The molecule has 138 valence electrons. The number of hydrogen-bond acceptors (Lipinski definition) is 6. The summed E-state index contributed by atoms with van der Waals surface area (Å²) in [6.07, 6.45) is 3.90. The maximum absolute atomic E-state index is 11.8. The van der Waals surface area contributed by atoms with E-state index < -0.39 is 18.0 Å². The van der Waals surface area contributed by atoms with E-state index in [1.165, 1.54) is 4.90 Å². The summed E-state index contributed by atoms with van der Waals surface area (Å²) in [5, 5.41) is 23.7. The van der Waals surface area contributed by atoms with E-state index in [1.54, 1.807) is 12.4 Å². The van der Waals surface area contributed by atoms with Crippen LogP contribution in [0.2, 0.25) is 0 Å². The van der Waals surface area contributed by atoms with E-state index in [9.17, 15) is 4.79 Å². The number of carboxylic acid groups (broad SMARTS) is 2. The van der Waals surface area contributed by atoms with Gasteiger partial charge in [0.25, 0.3) is 11.9 Å². The number of rotatable bonds is 6. The molecular formula is C14H26N4O6. The SMILES string of the molecule is CC(=O)O.CC(=O)O.CC[C@H](N)C(=O)N(CCO)Cc1ncc[nH]1. The number of nitrogens with zero attached hydrogens (tertiary/aromatic N) is 2. The number of H-pyrrole nitrogens is 1. The lowest BCUT2D eigenvalue weighted by Gasteiger charge is -2.23. The highest BCUT2D eigenvalue weighted by Crippen LogP contribution is 2.02. The minimum atomic E-state index is -0.833. The van der Waals surface area contributed by atoms with Gasteiger partial charge in [0.2, 0.25) is 5.91 Å². The van der Waals surface area contributed by atoms with E-state index in [4.69, 9.17) is 30.6 Å². The number of carboxylic acids is 2. The van der Waals surface area contributed by atoms with Gasteiger partial charge < -0.3 is 30.9 Å². The molecule has 24 heavy (non-hydrogen) atoms. The summed E-state index contributed by atoms with van der Waals surface area (Å²) in [5.41, 5.74) is 5.67. The summed E-state index contributed by atoms with van der Waals surface area (Å²) in [4.78, 5) is 38.3. The Labute approximate surface area is 140 Å². The number of aromatic amines is 1. The molecule has 0 saturated heterocycles. The molecule has 0 bridgehead atoms. The Kier molecular flexibility index (Phi) is 14.0. The highest BCUT2D eigenvalue weighted by Gasteiger charge is 2.19. The van der Waals surface area contributed by atoms with Crippen molar-refractivity contribution >= 4 is 17.8 Å². The van der Waals surface area contributed by atoms with Crippen molar-refractivity contribution in [3.63, 3.8) is 0 Å². The van der Waals surface area contributed by atoms with Gasteiger partial charge in [0.1, 0.15) is 5.82 Å². The molecule has 1 rings (SSSR count). The summed E-state index contributed by atoms with van der Waals surface area (Å²) >= 11 is 0. The molecule has 6 N–H and O–H groups in total. The highest BCUT2D eigenvalue weighted by molar-refractivity contribution is 5.81. The van der Waals surface area contributed by atoms with Gasteiger partial charge in [-0.15, -0.1) is 0 Å². The normalized spacial score (nSPS) is 10.4. The molecule has 10 heteroatoms. The summed E-state index contributed by atoms with van der Waals surface area (Å²) in [5.74, 6) is -1.14. The van der Waals surface area contributed by atoms with Crippen molar-refractivity contribution in [1.29, 1.82) is 0 Å². The van der Waals surface area contributed by atoms with Crippen LogP contribution < -0.4 is 5.73 Å². The number of imidazole rings is 1. The maximum Gasteiger partial charge on any atom is 0.300 e. The number of carbonyl (C=O) groups excluding carboxylic acids is 1. The standard InChI is InChI=1S/C10H18N4O2.2C2H4O2/c1-2-8(11)10(16)14(5-6-15)7-9-12-3-4-13-9;2*1-2(3)4/h3-4,8,15H,2,5-7,11H2,1H3,(H,12,13);2*1H3,(H,3,4)/t8-;;/m0../s1. The van der Waals surface area contributed by atoms with Crippen molar-refractivity contribution in [3.8, 4) is 0 Å². The van der Waals surface area contributed by atoms with Gasteiger partial charge >= 0.3 is 0 Å². The van der Waals surface area contributed by atoms with Crippen LogP contribution in [0.25, 0.3) is 0 Å². The van der Waals surface area contributed by atoms with Crippen LogP contribution in [0.4, 0.5) is 0 Å². The first kappa shape index (κ1) is 23.8. The van der Waals surface area contributed by atoms with Crippen LogP contribution in [0.15, 0.2) is 12.4 Å². The molecule has 1 atom stereocenters. The molecule has 0 radical (unpaired) electrons. The molecule has 0 aliphatic carbocycles. The molecule has 0 fully saturated rings. The maximum atomic E-state index is 11.8. The number of carbonyl (C=O) groups is 3. The third-order valence-corrected chi connectivity index (χ3v) is 2.33. The Morgan fingerprint density at radius 1 is 1.29 bits per heavy atom. The number of aliphatic carboxylic acids is 2. The zero-order valence-corrected chi connectivity index (χ0v) is 14.1. The van der Waals surface area contributed by atoms with Crippen LogP contribution in [0.1, 0.15) is 33.0 Å². The van der Waals surface area contributed by atoms with Crippen molar-refractivity contribution in [3.05, 3.63) is 18.2 Å². The number of nitrogens with one attached hydrogen (secondary N) is 1. The van der Waals surface area contributed by atoms with Crippen molar-refractivity contribution in [2.24, 2.45) is 5.73 Å². The number of amides is 1. The summed E-state index contributed by atoms with van der Waals surface area (Å²) in [6, 6.07) is -0.512. The van der Waals surface area contributed by atoms with Crippen LogP contribution in [0.5, 0.6) is 0 Å². The Morgan fingerprint density at radius 3 is 2.12 bits per heavy atom. The lowest BCUT2D eigenvalue weighted by Crippen LogP contribution is -2.44. The second-order valence-corrected chi connectivity index (χ2v) is 4.57. The number of nitrogens with two attached hydrogens (primary N) is 1. The molecule has 0 aromatic carbocycles. The molecule has 1 amide bonds. The van der Waals surface area contributed by atoms with Gasteiger partial charge in [0.05, 0.1) is 19.2 Å². The van der Waals surface area contributed by atoms with E-state index in [1.807, 2.05) is 6.92 Å². The van der Waals surface area contributed by atoms with E-state index in [-0.39, 0.29) is 19.1 Å². The first-order chi connectivity index (χ1) is 11.1. The Morgan fingerprint density at radius 2 is 1.79 bits per heavy atom. The second kappa shape index (κ2) is 14.2. The van der Waals surface area contributed by atoms with Gasteiger partial charge in [-0.1, -0.05) is 6.92 Å². The number of hydrogen-bond donors (Lipinski definition) is 5. The Balaban J connectivity index is 0. The van der Waals surface area contributed by atoms with Crippen LogP contribution in [-0.4, -0.2) is 67.2 Å². The predicted molar refractivity (Wildman–Crippen MR) is 86.0 cm³/mol. The quantitative estimate of drug-likeness (QED) is 0.465. The fourth-order valence-corrected chi connectivity index (χ4v) is 1.36. The predicted octanol–water partition coefficient (Wildman–Crippen LogP) is -0.350. The van der Waals surface area contributed by atoms with Crippen LogP contribution >= 0.6 is 0 Å². The fraction of sp³-hybridized carbons (Fsp3) is 0.571. The average Bonchev–Trinajstić information content (AvgIpc) is 2.97. The minimum Gasteiger partial charge on any atom is -0.481 e. The molecule has 10 nitrogen and oxygen atoms in total. The fourth-order valence-electron chi connectivity index (χ4n) is 1.36. The van der Waals surface area contributed by atoms with Crippen molar-refractivity contribution in [2.75, 3.05) is 13.2 Å². The van der Waals surface area contributed by atoms with Crippen LogP contribution in [0.3, 0.4) is 0 Å². The number of aliphatic hydroxyl groups excluding tert-OH is 1. The van der Waals surface area contributed by atoms with E-state index in [0.29, 0.717) is 18.8 Å². The van der Waals surface area contributed by atoms with Crippen LogP contribution in [0, 0.1) is 0 Å². The van der Waals surface area contributed by atoms with E-state index >= 15 is 0 Å². The molecule has 0 spiro atoms. The molecule has 0 saturated carbocycles. The highest BCUT2D eigenvalue weighted by atomic mass is 16.4. The summed E-state index contributed by atoms with van der Waals surface area (Å²) in [7, 11) is 0. The topological polar surface area (TPSA) is 170 Å². The van der Waals surface area contributed by atoms with Gasteiger partial charge in [-0.3, -0.25) is 14.4 Å². The Hall–Kier alpha value is -2.46. The van der Waals surface area contributed by atoms with Crippen molar-refractivity contribution < 1.29 is 29.7 Å². The molecule has 0 unspecified atom stereocenters. The average molecular weight is 346 g/mol. The molecular weight excluding hydrogens is 320 g/mol. The molecule has 0 aliphatic rings. The van der Waals surface area contributed by atoms with Gasteiger partial charge in [0, 0.05) is 32.8 Å². The summed E-state index contributed by atoms with van der Waals surface area (Å²) < 4.78 is 0. The van der Waals surface area contributed by atoms with Crippen molar-refractivity contribution in [2.45, 2.75) is 39.8 Å². The van der Waals surface area contributed by atoms with E-state index in [2.05, 4.69) is 9.97 Å². The number of aromatic nitrogens is 2.